The Morgan fingerprint density at radius 2 is 0.640 bits per heavy atom. The molecule has 0 radical (unpaired) electrons. The van der Waals surface area contributed by atoms with E-state index in [-0.39, 0.29) is 0 Å². The van der Waals surface area contributed by atoms with E-state index in [0.717, 1.165) is 22.6 Å². The van der Waals surface area contributed by atoms with Crippen LogP contribution in [0, 0.1) is 0 Å². The lowest BCUT2D eigenvalue weighted by Crippen LogP contribution is -2.31. The van der Waals surface area contributed by atoms with Crippen LogP contribution in [0.2, 0.25) is 0 Å². The summed E-state index contributed by atoms with van der Waals surface area (Å²) in [6.45, 7) is 0. The van der Waals surface area contributed by atoms with Gasteiger partial charge in [0, 0.05) is 35.0 Å². The quantitative estimate of drug-likeness (QED) is 0.461. The zero-order chi connectivity index (χ0) is 17.3. The Hall–Kier alpha value is 1.26. The molecule has 1 nitrogen and oxygen atoms in total. The van der Waals surface area contributed by atoms with E-state index in [2.05, 4.69) is 4.86 Å². The molecule has 0 atom stereocenters. The Bertz CT molecular complexity index is 452. The summed E-state index contributed by atoms with van der Waals surface area (Å²) in [4.78, 5) is 4.43. The monoisotopic (exact) mass is 417 g/mol. The van der Waals surface area contributed by atoms with Crippen molar-refractivity contribution in [3.05, 3.63) is 0 Å². The Morgan fingerprint density at radius 1 is 0.440 bits per heavy atom. The summed E-state index contributed by atoms with van der Waals surface area (Å²) >= 11 is 13.4. The first-order chi connectivity index (χ1) is 12.1. The average Bonchev–Trinajstić information content (AvgIpc) is 3.45. The molecule has 0 amide bonds. The molecule has 5 heteroatoms. The molecule has 144 valence electrons. The van der Waals surface area contributed by atoms with Crippen LogP contribution in [0.15, 0.2) is 0 Å². The third-order valence-corrected chi connectivity index (χ3v) is 21.7. The maximum atomic E-state index is 6.70. The van der Waals surface area contributed by atoms with Crippen molar-refractivity contribution in [3.8, 4) is 0 Å². The van der Waals surface area contributed by atoms with Crippen LogP contribution in [0.25, 0.3) is 0 Å². The fourth-order valence-electron chi connectivity index (χ4n) is 6.32. The van der Waals surface area contributed by atoms with Gasteiger partial charge in [0.05, 0.1) is 0 Å². The molecule has 25 heavy (non-hydrogen) atoms. The lowest BCUT2D eigenvalue weighted by atomic mass is 10.4. The van der Waals surface area contributed by atoms with Gasteiger partial charge in [-0.25, -0.2) is 0 Å². The predicted molar refractivity (Wildman–Crippen MR) is 121 cm³/mol. The highest BCUT2D eigenvalue weighted by Crippen LogP contribution is 2.72. The molecule has 0 aliphatic heterocycles. The third kappa shape index (κ3) is 3.89. The minimum absolute atomic E-state index is 0.829. The van der Waals surface area contributed by atoms with Gasteiger partial charge in [0.2, 0.25) is 0 Å². The van der Waals surface area contributed by atoms with Crippen molar-refractivity contribution < 1.29 is 0 Å². The SMILES string of the molecule is S=P(NP(=S)(C1CCCC1)C1CCCC1)(C1CCCC1)C1CCCC1. The Labute approximate surface area is 166 Å². The van der Waals surface area contributed by atoms with Gasteiger partial charge in [-0.05, 0) is 51.4 Å². The molecule has 0 bridgehead atoms. The summed E-state index contributed by atoms with van der Waals surface area (Å²) in [6, 6.07) is 0. The van der Waals surface area contributed by atoms with Crippen LogP contribution in [-0.2, 0) is 23.6 Å². The molecule has 0 aromatic rings. The van der Waals surface area contributed by atoms with E-state index in [1.807, 2.05) is 0 Å². The maximum absolute atomic E-state index is 6.70. The number of rotatable bonds is 6. The molecule has 4 fully saturated rings. The summed E-state index contributed by atoms with van der Waals surface area (Å²) in [6.07, 6.45) is 19.6. The topological polar surface area (TPSA) is 12.0 Å². The Kier molecular flexibility index (Phi) is 6.52. The summed E-state index contributed by atoms with van der Waals surface area (Å²) < 4.78 is 0. The van der Waals surface area contributed by atoms with Gasteiger partial charge in [-0.15, -0.1) is 0 Å². The average molecular weight is 418 g/mol. The van der Waals surface area contributed by atoms with Crippen LogP contribution in [0.1, 0.15) is 103 Å². The smallest absolute Gasteiger partial charge is 0.0223 e. The second-order valence-corrected chi connectivity index (χ2v) is 19.5. The number of hydrogen-bond acceptors (Lipinski definition) is 2. The predicted octanol–water partition coefficient (Wildman–Crippen LogP) is 7.14. The summed E-state index contributed by atoms with van der Waals surface area (Å²) in [5.41, 5.74) is 3.32. The van der Waals surface area contributed by atoms with Crippen molar-refractivity contribution in [2.75, 3.05) is 0 Å². The second kappa shape index (κ2) is 8.32. The van der Waals surface area contributed by atoms with Crippen LogP contribution in [0.4, 0.5) is 0 Å². The minimum atomic E-state index is -1.51. The molecule has 0 heterocycles. The molecule has 0 spiro atoms. The van der Waals surface area contributed by atoms with Crippen molar-refractivity contribution in [2.45, 2.75) is 125 Å². The molecular weight excluding hydrogens is 380 g/mol. The van der Waals surface area contributed by atoms with Crippen LogP contribution >= 0.6 is 12.4 Å². The molecule has 0 unspecified atom stereocenters. The van der Waals surface area contributed by atoms with Gasteiger partial charge in [-0.3, -0.25) is 4.86 Å². The molecule has 0 aromatic heterocycles. The molecule has 4 aliphatic carbocycles. The highest BCUT2D eigenvalue weighted by molar-refractivity contribution is 8.23. The van der Waals surface area contributed by atoms with Crippen molar-refractivity contribution in [2.24, 2.45) is 0 Å². The van der Waals surface area contributed by atoms with Crippen LogP contribution in [-0.4, -0.2) is 22.6 Å². The summed E-state index contributed by atoms with van der Waals surface area (Å²) in [5, 5.41) is 0. The van der Waals surface area contributed by atoms with Crippen molar-refractivity contribution in [1.29, 1.82) is 0 Å². The molecule has 4 aliphatic rings. The van der Waals surface area contributed by atoms with Gasteiger partial charge in [0.1, 0.15) is 0 Å². The van der Waals surface area contributed by atoms with E-state index >= 15 is 0 Å². The lowest BCUT2D eigenvalue weighted by Gasteiger charge is -2.44. The van der Waals surface area contributed by atoms with Crippen molar-refractivity contribution >= 4 is 36.0 Å². The number of hydrogen-bond donors (Lipinski definition) is 1. The van der Waals surface area contributed by atoms with Crippen molar-refractivity contribution in [3.63, 3.8) is 0 Å². The zero-order valence-corrected chi connectivity index (χ0v) is 19.3. The molecule has 0 aromatic carbocycles. The molecule has 0 saturated heterocycles. The fraction of sp³-hybridized carbons (Fsp3) is 1.00. The van der Waals surface area contributed by atoms with Gasteiger partial charge in [-0.1, -0.05) is 75.0 Å². The van der Waals surface area contributed by atoms with Gasteiger partial charge in [-0.2, -0.15) is 0 Å². The zero-order valence-electron chi connectivity index (χ0n) is 15.8. The first kappa shape index (κ1) is 19.6. The minimum Gasteiger partial charge on any atom is -0.258 e. The highest BCUT2D eigenvalue weighted by Gasteiger charge is 2.46. The molecular formula is C20H37NP2S2. The van der Waals surface area contributed by atoms with E-state index in [9.17, 15) is 0 Å². The van der Waals surface area contributed by atoms with Gasteiger partial charge in [0.15, 0.2) is 0 Å². The first-order valence-electron chi connectivity index (χ1n) is 11.1. The van der Waals surface area contributed by atoms with Crippen molar-refractivity contribution in [1.82, 2.24) is 4.86 Å². The fourth-order valence-corrected chi connectivity index (χ4v) is 22.0. The van der Waals surface area contributed by atoms with E-state index < -0.39 is 12.4 Å². The molecule has 1 N–H and O–H groups in total. The van der Waals surface area contributed by atoms with E-state index in [1.54, 1.807) is 0 Å². The molecule has 4 saturated carbocycles. The number of nitrogens with one attached hydrogen (secondary N) is 1. The standard InChI is InChI=1S/C20H37NP2S2/c24-22(17-9-1-2-10-17,18-11-3-4-12-18)21-23(25,19-13-5-6-14-19)20-15-7-8-16-20/h17-20H,1-16H2,(H,21,24,25). The highest BCUT2D eigenvalue weighted by atomic mass is 32.5. The van der Waals surface area contributed by atoms with E-state index in [0.29, 0.717) is 0 Å². The molecule has 4 rings (SSSR count). The Balaban J connectivity index is 1.64. The Morgan fingerprint density at radius 3 is 0.840 bits per heavy atom. The lowest BCUT2D eigenvalue weighted by molar-refractivity contribution is 0.799. The second-order valence-electron chi connectivity index (χ2n) is 9.27. The normalized spacial score (nSPS) is 28.5. The van der Waals surface area contributed by atoms with E-state index in [4.69, 9.17) is 23.6 Å². The van der Waals surface area contributed by atoms with Gasteiger partial charge < -0.3 is 0 Å². The first-order valence-corrected chi connectivity index (χ1v) is 17.0. The van der Waals surface area contributed by atoms with Crippen LogP contribution < -0.4 is 4.86 Å². The van der Waals surface area contributed by atoms with Crippen LogP contribution in [0.3, 0.4) is 0 Å². The third-order valence-electron chi connectivity index (χ3n) is 7.78. The van der Waals surface area contributed by atoms with E-state index in [1.165, 1.54) is 103 Å². The van der Waals surface area contributed by atoms with Gasteiger partial charge in [0.25, 0.3) is 0 Å². The maximum Gasteiger partial charge on any atom is 0.0223 e. The van der Waals surface area contributed by atoms with Gasteiger partial charge >= 0.3 is 0 Å². The largest absolute Gasteiger partial charge is 0.258 e. The summed E-state index contributed by atoms with van der Waals surface area (Å²) in [7, 11) is 0. The summed E-state index contributed by atoms with van der Waals surface area (Å²) in [5.74, 6) is 0. The van der Waals surface area contributed by atoms with Crippen LogP contribution in [0.5, 0.6) is 0 Å².